The molecule has 1 aromatic carbocycles. The molecule has 0 unspecified atom stereocenters. The molecule has 4 rings (SSSR count). The SMILES string of the molecule is Cn1nc(CC(N)=S)c2cc(-c3ncccc3Cl)cc(OCCc3ccccn3)c21. The van der Waals surface area contributed by atoms with Gasteiger partial charge in [0.1, 0.15) is 11.3 Å². The van der Waals surface area contributed by atoms with Crippen molar-refractivity contribution in [3.05, 3.63) is 71.3 Å². The number of hydrogen-bond donors (Lipinski definition) is 1. The number of rotatable bonds is 7. The zero-order chi connectivity index (χ0) is 21.1. The first-order chi connectivity index (χ1) is 14.5. The first-order valence-corrected chi connectivity index (χ1v) is 10.2. The maximum Gasteiger partial charge on any atom is 0.145 e. The number of nitrogens with two attached hydrogens (primary N) is 1. The molecule has 0 amide bonds. The van der Waals surface area contributed by atoms with Crippen molar-refractivity contribution < 1.29 is 4.74 Å². The lowest BCUT2D eigenvalue weighted by Crippen LogP contribution is -2.11. The van der Waals surface area contributed by atoms with Gasteiger partial charge in [-0.05, 0) is 36.4 Å². The Morgan fingerprint density at radius 1 is 1.17 bits per heavy atom. The van der Waals surface area contributed by atoms with Crippen LogP contribution in [0.4, 0.5) is 0 Å². The third kappa shape index (κ3) is 4.27. The molecule has 8 heteroatoms. The summed E-state index contributed by atoms with van der Waals surface area (Å²) >= 11 is 11.5. The maximum absolute atomic E-state index is 6.40. The Morgan fingerprint density at radius 3 is 2.73 bits per heavy atom. The summed E-state index contributed by atoms with van der Waals surface area (Å²) in [6, 6.07) is 13.4. The molecule has 152 valence electrons. The fraction of sp³-hybridized carbons (Fsp3) is 0.182. The molecule has 0 aliphatic carbocycles. The minimum absolute atomic E-state index is 0.383. The smallest absolute Gasteiger partial charge is 0.145 e. The fourth-order valence-corrected chi connectivity index (χ4v) is 3.77. The lowest BCUT2D eigenvalue weighted by molar-refractivity contribution is 0.323. The average molecular weight is 438 g/mol. The zero-order valence-corrected chi connectivity index (χ0v) is 18.0. The van der Waals surface area contributed by atoms with E-state index in [4.69, 9.17) is 34.3 Å². The van der Waals surface area contributed by atoms with Gasteiger partial charge in [-0.3, -0.25) is 14.6 Å². The van der Waals surface area contributed by atoms with E-state index in [1.54, 1.807) is 23.1 Å². The molecule has 0 atom stereocenters. The molecule has 0 radical (unpaired) electrons. The molecular formula is C22H20ClN5OS. The van der Waals surface area contributed by atoms with Crippen molar-refractivity contribution in [1.82, 2.24) is 19.7 Å². The Bertz CT molecular complexity index is 1210. The van der Waals surface area contributed by atoms with Gasteiger partial charge in [0, 0.05) is 48.9 Å². The Kier molecular flexibility index (Phi) is 5.92. The van der Waals surface area contributed by atoms with Gasteiger partial charge in [0.15, 0.2) is 0 Å². The van der Waals surface area contributed by atoms with E-state index in [-0.39, 0.29) is 0 Å². The number of pyridine rings is 2. The summed E-state index contributed by atoms with van der Waals surface area (Å²) in [7, 11) is 1.88. The van der Waals surface area contributed by atoms with E-state index < -0.39 is 0 Å². The zero-order valence-electron chi connectivity index (χ0n) is 16.4. The lowest BCUT2D eigenvalue weighted by atomic mass is 10.0. The van der Waals surface area contributed by atoms with Crippen LogP contribution >= 0.6 is 23.8 Å². The van der Waals surface area contributed by atoms with Crippen LogP contribution in [0.3, 0.4) is 0 Å². The molecule has 0 saturated carbocycles. The van der Waals surface area contributed by atoms with Gasteiger partial charge in [0.2, 0.25) is 0 Å². The van der Waals surface area contributed by atoms with Crippen molar-refractivity contribution >= 4 is 39.7 Å². The van der Waals surface area contributed by atoms with E-state index in [0.717, 1.165) is 27.9 Å². The normalized spacial score (nSPS) is 11.0. The number of nitrogens with zero attached hydrogens (tertiary/aromatic N) is 4. The molecule has 0 bridgehead atoms. The second kappa shape index (κ2) is 8.77. The quantitative estimate of drug-likeness (QED) is 0.438. The highest BCUT2D eigenvalue weighted by atomic mass is 35.5. The molecule has 30 heavy (non-hydrogen) atoms. The standard InChI is InChI=1S/C22H20ClN5OS/c1-28-22-16(18(27-28)13-20(24)30)11-14(21-17(23)6-4-9-26-21)12-19(22)29-10-7-15-5-2-3-8-25-15/h2-6,8-9,11-12H,7,10,13H2,1H3,(H2,24,30). The maximum atomic E-state index is 6.40. The van der Waals surface area contributed by atoms with E-state index in [9.17, 15) is 0 Å². The van der Waals surface area contributed by atoms with Crippen LogP contribution in [0, 0.1) is 0 Å². The van der Waals surface area contributed by atoms with Gasteiger partial charge < -0.3 is 10.5 Å². The minimum Gasteiger partial charge on any atom is -0.491 e. The topological polar surface area (TPSA) is 78.9 Å². The van der Waals surface area contributed by atoms with Crippen LogP contribution in [-0.4, -0.2) is 31.3 Å². The number of fused-ring (bicyclic) bond motifs is 1. The molecule has 2 N–H and O–H groups in total. The molecule has 3 aromatic heterocycles. The van der Waals surface area contributed by atoms with E-state index in [2.05, 4.69) is 15.1 Å². The fourth-order valence-electron chi connectivity index (χ4n) is 3.40. The first kappa shape index (κ1) is 20.3. The molecule has 0 aliphatic heterocycles. The van der Waals surface area contributed by atoms with Gasteiger partial charge in [-0.2, -0.15) is 5.10 Å². The second-order valence-electron chi connectivity index (χ2n) is 6.84. The third-order valence-corrected chi connectivity index (χ3v) is 5.15. The first-order valence-electron chi connectivity index (χ1n) is 9.44. The molecule has 0 saturated heterocycles. The number of aromatic nitrogens is 4. The largest absolute Gasteiger partial charge is 0.491 e. The van der Waals surface area contributed by atoms with Gasteiger partial charge in [0.05, 0.1) is 28.0 Å². The van der Waals surface area contributed by atoms with Gasteiger partial charge in [-0.25, -0.2) is 0 Å². The molecular weight excluding hydrogens is 418 g/mol. The molecule has 3 heterocycles. The van der Waals surface area contributed by atoms with Crippen LogP contribution in [0.2, 0.25) is 5.02 Å². The van der Waals surface area contributed by atoms with Crippen LogP contribution in [0.25, 0.3) is 22.2 Å². The molecule has 0 fully saturated rings. The molecule has 0 aliphatic rings. The Balaban J connectivity index is 1.77. The van der Waals surface area contributed by atoms with Crippen LogP contribution in [0.5, 0.6) is 5.75 Å². The second-order valence-corrected chi connectivity index (χ2v) is 7.77. The van der Waals surface area contributed by atoms with E-state index in [1.807, 2.05) is 43.4 Å². The van der Waals surface area contributed by atoms with E-state index >= 15 is 0 Å². The number of aryl methyl sites for hydroxylation is 1. The average Bonchev–Trinajstić information content (AvgIpc) is 3.04. The Hall–Kier alpha value is -3.03. The van der Waals surface area contributed by atoms with Crippen molar-refractivity contribution in [3.8, 4) is 17.0 Å². The third-order valence-electron chi connectivity index (χ3n) is 4.70. The minimum atomic E-state index is 0.383. The molecule has 0 spiro atoms. The summed E-state index contributed by atoms with van der Waals surface area (Å²) in [5, 5.41) is 6.10. The summed E-state index contributed by atoms with van der Waals surface area (Å²) < 4.78 is 7.98. The van der Waals surface area contributed by atoms with Crippen molar-refractivity contribution in [3.63, 3.8) is 0 Å². The number of ether oxygens (including phenoxy) is 1. The van der Waals surface area contributed by atoms with Crippen LogP contribution in [0.1, 0.15) is 11.4 Å². The van der Waals surface area contributed by atoms with E-state index in [1.165, 1.54) is 0 Å². The number of halogens is 1. The van der Waals surface area contributed by atoms with E-state index in [0.29, 0.717) is 40.9 Å². The van der Waals surface area contributed by atoms with Crippen LogP contribution in [0.15, 0.2) is 54.9 Å². The van der Waals surface area contributed by atoms with Gasteiger partial charge >= 0.3 is 0 Å². The van der Waals surface area contributed by atoms with Gasteiger partial charge in [-0.15, -0.1) is 0 Å². The van der Waals surface area contributed by atoms with Gasteiger partial charge in [0.25, 0.3) is 0 Å². The molecule has 4 aromatic rings. The monoisotopic (exact) mass is 437 g/mol. The highest BCUT2D eigenvalue weighted by Gasteiger charge is 2.18. The number of benzene rings is 1. The highest BCUT2D eigenvalue weighted by molar-refractivity contribution is 7.80. The van der Waals surface area contributed by atoms with Crippen LogP contribution in [-0.2, 0) is 19.9 Å². The van der Waals surface area contributed by atoms with Crippen LogP contribution < -0.4 is 10.5 Å². The van der Waals surface area contributed by atoms with Crippen molar-refractivity contribution in [1.29, 1.82) is 0 Å². The molecule has 6 nitrogen and oxygen atoms in total. The summed E-state index contributed by atoms with van der Waals surface area (Å²) in [5.41, 5.74) is 9.96. The van der Waals surface area contributed by atoms with Crippen molar-refractivity contribution in [2.75, 3.05) is 6.61 Å². The lowest BCUT2D eigenvalue weighted by Gasteiger charge is -2.12. The summed E-state index contributed by atoms with van der Waals surface area (Å²) in [5.74, 6) is 0.698. The summed E-state index contributed by atoms with van der Waals surface area (Å²) in [6.45, 7) is 0.474. The summed E-state index contributed by atoms with van der Waals surface area (Å²) in [6.07, 6.45) is 4.58. The predicted molar refractivity (Wildman–Crippen MR) is 123 cm³/mol. The Morgan fingerprint density at radius 2 is 2.00 bits per heavy atom. The van der Waals surface area contributed by atoms with Crippen molar-refractivity contribution in [2.24, 2.45) is 12.8 Å². The highest BCUT2D eigenvalue weighted by Crippen LogP contribution is 2.36. The van der Waals surface area contributed by atoms with Crippen molar-refractivity contribution in [2.45, 2.75) is 12.8 Å². The van der Waals surface area contributed by atoms with Gasteiger partial charge in [-0.1, -0.05) is 29.9 Å². The summed E-state index contributed by atoms with van der Waals surface area (Å²) in [4.78, 5) is 9.18. The number of thiocarbonyl (C=S) groups is 1. The Labute approximate surface area is 184 Å². The number of hydrogen-bond acceptors (Lipinski definition) is 5. The predicted octanol–water partition coefficient (Wildman–Crippen LogP) is 4.13.